The summed E-state index contributed by atoms with van der Waals surface area (Å²) in [7, 11) is 0. The highest BCUT2D eigenvalue weighted by Gasteiger charge is 2.36. The van der Waals surface area contributed by atoms with Crippen LogP contribution in [-0.2, 0) is 6.18 Å². The number of hydrogen-bond donors (Lipinski definition) is 0. The van der Waals surface area contributed by atoms with Gasteiger partial charge in [-0.05, 0) is 24.3 Å². The summed E-state index contributed by atoms with van der Waals surface area (Å²) in [6, 6.07) is 4.59. The third kappa shape index (κ3) is 3.19. The molecule has 0 aliphatic carbocycles. The lowest BCUT2D eigenvalue weighted by molar-refractivity contribution is -0.137. The lowest BCUT2D eigenvalue weighted by Gasteiger charge is -2.12. The summed E-state index contributed by atoms with van der Waals surface area (Å²) >= 11 is 15.4. The van der Waals surface area contributed by atoms with E-state index in [-0.39, 0.29) is 18.7 Å². The molecule has 0 fully saturated rings. The van der Waals surface area contributed by atoms with E-state index in [0.29, 0.717) is 0 Å². The van der Waals surface area contributed by atoms with Crippen LogP contribution in [0.5, 0.6) is 0 Å². The molecule has 1 aromatic heterocycles. The van der Waals surface area contributed by atoms with Gasteiger partial charge < -0.3 is 0 Å². The normalized spacial score (nSPS) is 11.7. The summed E-state index contributed by atoms with van der Waals surface area (Å²) in [5, 5.41) is 0. The molecular weight excluding hydrogens is 400 g/mol. The number of halogens is 6. The summed E-state index contributed by atoms with van der Waals surface area (Å²) in [6.07, 6.45) is -4.64. The molecule has 1 nitrogen and oxygen atoms in total. The van der Waals surface area contributed by atoms with E-state index < -0.39 is 23.1 Å². The number of carbonyl (C=O) groups excluding carboxylic acids is 1. The third-order valence-corrected chi connectivity index (χ3v) is 4.41. The number of carbonyl (C=O) groups is 1. The van der Waals surface area contributed by atoms with Crippen LogP contribution in [0.25, 0.3) is 0 Å². The van der Waals surface area contributed by atoms with Crippen molar-refractivity contribution in [2.75, 3.05) is 0 Å². The van der Waals surface area contributed by atoms with E-state index in [1.165, 1.54) is 12.1 Å². The van der Waals surface area contributed by atoms with Crippen LogP contribution in [0.1, 0.15) is 21.5 Å². The highest BCUT2D eigenvalue weighted by molar-refractivity contribution is 9.10. The molecule has 2 aromatic rings. The van der Waals surface area contributed by atoms with Gasteiger partial charge >= 0.3 is 6.18 Å². The summed E-state index contributed by atoms with van der Waals surface area (Å²) in [6.45, 7) is 0. The lowest BCUT2D eigenvalue weighted by atomic mass is 10.00. The first kappa shape index (κ1) is 15.8. The van der Waals surface area contributed by atoms with Gasteiger partial charge in [-0.15, -0.1) is 11.3 Å². The first-order valence-electron chi connectivity index (χ1n) is 5.06. The fourth-order valence-corrected chi connectivity index (χ4v) is 3.41. The fourth-order valence-electron chi connectivity index (χ4n) is 1.59. The van der Waals surface area contributed by atoms with Crippen molar-refractivity contribution in [3.63, 3.8) is 0 Å². The predicted octanol–water partition coefficient (Wildman–Crippen LogP) is 6.07. The minimum Gasteiger partial charge on any atom is -0.289 e. The van der Waals surface area contributed by atoms with E-state index in [9.17, 15) is 18.0 Å². The molecule has 0 aliphatic rings. The third-order valence-electron chi connectivity index (χ3n) is 2.43. The smallest absolute Gasteiger partial charge is 0.289 e. The molecule has 1 aromatic carbocycles. The van der Waals surface area contributed by atoms with Crippen LogP contribution in [0, 0.1) is 0 Å². The molecule has 2 rings (SSSR count). The largest absolute Gasteiger partial charge is 0.417 e. The van der Waals surface area contributed by atoms with Crippen molar-refractivity contribution in [1.29, 1.82) is 0 Å². The minimum atomic E-state index is -4.64. The van der Waals surface area contributed by atoms with Gasteiger partial charge in [-0.1, -0.05) is 39.1 Å². The number of thiophene rings is 1. The van der Waals surface area contributed by atoms with Crippen LogP contribution >= 0.6 is 50.5 Å². The van der Waals surface area contributed by atoms with Gasteiger partial charge in [0.15, 0.2) is 5.78 Å². The molecule has 0 bridgehead atoms. The molecule has 0 radical (unpaired) electrons. The van der Waals surface area contributed by atoms with E-state index in [1.807, 2.05) is 0 Å². The Bertz CT molecular complexity index is 682. The Balaban J connectivity index is 2.58. The number of ketones is 1. The van der Waals surface area contributed by atoms with Crippen molar-refractivity contribution in [3.05, 3.63) is 54.1 Å². The molecule has 0 saturated heterocycles. The molecule has 0 spiro atoms. The summed E-state index contributed by atoms with van der Waals surface area (Å²) in [4.78, 5) is 12.2. The predicted molar refractivity (Wildman–Crippen MR) is 76.9 cm³/mol. The highest BCUT2D eigenvalue weighted by atomic mass is 79.9. The molecule has 0 aliphatic heterocycles. The second-order valence-corrected chi connectivity index (χ2v) is 6.96. The maximum atomic E-state index is 13.0. The summed E-state index contributed by atoms with van der Waals surface area (Å²) in [5.74, 6) is -0.807. The topological polar surface area (TPSA) is 17.1 Å². The average Bonchev–Trinajstić information content (AvgIpc) is 2.66. The van der Waals surface area contributed by atoms with Gasteiger partial charge in [0.05, 0.1) is 15.5 Å². The standard InChI is InChI=1S/C12H4BrCl2F3OS/c13-5-1-2-6(8(3-5)12(16,17)18)10(19)7-4-9(14)20-11(7)15/h1-4H. The zero-order valence-corrected chi connectivity index (χ0v) is 13.3. The maximum absolute atomic E-state index is 13.0. The van der Waals surface area contributed by atoms with Crippen LogP contribution in [0.15, 0.2) is 28.7 Å². The Hall–Kier alpha value is -0.560. The zero-order chi connectivity index (χ0) is 15.1. The van der Waals surface area contributed by atoms with Gasteiger partial charge in [0.2, 0.25) is 0 Å². The first-order chi connectivity index (χ1) is 9.20. The van der Waals surface area contributed by atoms with Gasteiger partial charge in [-0.3, -0.25) is 4.79 Å². The van der Waals surface area contributed by atoms with Crippen LogP contribution in [0.2, 0.25) is 8.67 Å². The molecular formula is C12H4BrCl2F3OS. The maximum Gasteiger partial charge on any atom is 0.417 e. The Morgan fingerprint density at radius 3 is 2.30 bits per heavy atom. The molecule has 20 heavy (non-hydrogen) atoms. The Morgan fingerprint density at radius 2 is 1.80 bits per heavy atom. The number of rotatable bonds is 2. The molecule has 0 amide bonds. The number of benzene rings is 1. The lowest BCUT2D eigenvalue weighted by Crippen LogP contribution is -2.13. The second kappa shape index (κ2) is 5.67. The van der Waals surface area contributed by atoms with Crippen molar-refractivity contribution in [2.45, 2.75) is 6.18 Å². The monoisotopic (exact) mass is 402 g/mol. The van der Waals surface area contributed by atoms with E-state index in [1.54, 1.807) is 0 Å². The van der Waals surface area contributed by atoms with Crippen molar-refractivity contribution >= 4 is 56.3 Å². The molecule has 1 heterocycles. The summed E-state index contributed by atoms with van der Waals surface area (Å²) < 4.78 is 39.5. The van der Waals surface area contributed by atoms with Crippen molar-refractivity contribution in [1.82, 2.24) is 0 Å². The van der Waals surface area contributed by atoms with Crippen molar-refractivity contribution in [3.8, 4) is 0 Å². The highest BCUT2D eigenvalue weighted by Crippen LogP contribution is 2.37. The van der Waals surface area contributed by atoms with Gasteiger partial charge in [-0.25, -0.2) is 0 Å². The van der Waals surface area contributed by atoms with E-state index in [2.05, 4.69) is 15.9 Å². The number of alkyl halides is 3. The van der Waals surface area contributed by atoms with Crippen LogP contribution < -0.4 is 0 Å². The SMILES string of the molecule is O=C(c1ccc(Br)cc1C(F)(F)F)c1cc(Cl)sc1Cl. The Labute approximate surface area is 134 Å². The zero-order valence-electron chi connectivity index (χ0n) is 9.39. The molecule has 0 saturated carbocycles. The van der Waals surface area contributed by atoms with Gasteiger partial charge in [0.1, 0.15) is 4.34 Å². The summed E-state index contributed by atoms with van der Waals surface area (Å²) in [5.41, 5.74) is -1.51. The first-order valence-corrected chi connectivity index (χ1v) is 7.43. The molecule has 0 N–H and O–H groups in total. The molecule has 0 unspecified atom stereocenters. The average molecular weight is 404 g/mol. The van der Waals surface area contributed by atoms with E-state index >= 15 is 0 Å². The fraction of sp³-hybridized carbons (Fsp3) is 0.0833. The Kier molecular flexibility index (Phi) is 4.49. The Morgan fingerprint density at radius 1 is 1.15 bits per heavy atom. The van der Waals surface area contributed by atoms with Crippen molar-refractivity contribution in [2.24, 2.45) is 0 Å². The van der Waals surface area contributed by atoms with Crippen LogP contribution in [0.3, 0.4) is 0 Å². The van der Waals surface area contributed by atoms with Crippen LogP contribution in [-0.4, -0.2) is 5.78 Å². The molecule has 8 heteroatoms. The quantitative estimate of drug-likeness (QED) is 0.556. The minimum absolute atomic E-state index is 0.0329. The molecule has 0 atom stereocenters. The van der Waals surface area contributed by atoms with Crippen LogP contribution in [0.4, 0.5) is 13.2 Å². The second-order valence-electron chi connectivity index (χ2n) is 3.75. The van der Waals surface area contributed by atoms with E-state index in [0.717, 1.165) is 23.5 Å². The molecule has 106 valence electrons. The van der Waals surface area contributed by atoms with Crippen molar-refractivity contribution < 1.29 is 18.0 Å². The van der Waals surface area contributed by atoms with Gasteiger partial charge in [0, 0.05) is 10.0 Å². The van der Waals surface area contributed by atoms with Gasteiger partial charge in [-0.2, -0.15) is 13.2 Å². The number of hydrogen-bond acceptors (Lipinski definition) is 2. The van der Waals surface area contributed by atoms with E-state index in [4.69, 9.17) is 23.2 Å². The van der Waals surface area contributed by atoms with Gasteiger partial charge in [0.25, 0.3) is 0 Å².